The summed E-state index contributed by atoms with van der Waals surface area (Å²) in [7, 11) is 0. The van der Waals surface area contributed by atoms with Crippen LogP contribution in [0.25, 0.3) is 5.82 Å². The second-order valence-electron chi connectivity index (χ2n) is 3.41. The monoisotopic (exact) mass is 261 g/mol. The van der Waals surface area contributed by atoms with Gasteiger partial charge in [-0.05, 0) is 12.1 Å². The second kappa shape index (κ2) is 4.37. The molecule has 0 spiro atoms. The van der Waals surface area contributed by atoms with Gasteiger partial charge in [0.2, 0.25) is 0 Å². The predicted molar refractivity (Wildman–Crippen MR) is 52.2 cm³/mol. The lowest BCUT2D eigenvalue weighted by Crippen LogP contribution is -2.09. The molecule has 0 atom stereocenters. The van der Waals surface area contributed by atoms with E-state index in [2.05, 4.69) is 10.1 Å². The summed E-state index contributed by atoms with van der Waals surface area (Å²) in [6.07, 6.45) is -2.47. The van der Waals surface area contributed by atoms with Crippen molar-refractivity contribution in [2.45, 2.75) is 12.8 Å². The zero-order valence-corrected chi connectivity index (χ0v) is 8.82. The third-order valence-corrected chi connectivity index (χ3v) is 2.22. The van der Waals surface area contributed by atoms with Crippen molar-refractivity contribution in [2.75, 3.05) is 0 Å². The van der Waals surface area contributed by atoms with Crippen molar-refractivity contribution in [3.63, 3.8) is 0 Å². The highest BCUT2D eigenvalue weighted by Crippen LogP contribution is 2.28. The van der Waals surface area contributed by atoms with Crippen LogP contribution in [0.1, 0.15) is 11.3 Å². The first-order chi connectivity index (χ1) is 8.43. The highest BCUT2D eigenvalue weighted by atomic mass is 19.4. The minimum absolute atomic E-state index is 0.0657. The van der Waals surface area contributed by atoms with Gasteiger partial charge in [0.25, 0.3) is 0 Å². The number of aliphatic hydroxyl groups is 1. The maximum atomic E-state index is 13.7. The van der Waals surface area contributed by atoms with Crippen LogP contribution in [0, 0.1) is 5.82 Å². The molecule has 0 amide bonds. The first-order valence-corrected chi connectivity index (χ1v) is 4.81. The van der Waals surface area contributed by atoms with E-state index in [9.17, 15) is 17.6 Å². The molecule has 2 rings (SSSR count). The lowest BCUT2D eigenvalue weighted by molar-refractivity contribution is -0.141. The van der Waals surface area contributed by atoms with Gasteiger partial charge in [-0.1, -0.05) is 0 Å². The molecule has 1 N–H and O–H groups in total. The molecule has 0 bridgehead atoms. The lowest BCUT2D eigenvalue weighted by Gasteiger charge is -2.05. The van der Waals surface area contributed by atoms with Crippen LogP contribution in [0.4, 0.5) is 17.6 Å². The van der Waals surface area contributed by atoms with Crippen LogP contribution in [0.5, 0.6) is 0 Å². The molecule has 8 heteroatoms. The standard InChI is InChI=1S/C10H7F4N3O/c11-8-6(5-18)1-3-15-9(8)17-4-2-7(16-17)10(12,13)14/h1-4,18H,5H2. The molecule has 0 aromatic carbocycles. The van der Waals surface area contributed by atoms with Crippen LogP contribution >= 0.6 is 0 Å². The Bertz CT molecular complexity index is 564. The number of halogens is 4. The van der Waals surface area contributed by atoms with E-state index in [1.54, 1.807) is 0 Å². The van der Waals surface area contributed by atoms with Gasteiger partial charge in [0.1, 0.15) is 0 Å². The summed E-state index contributed by atoms with van der Waals surface area (Å²) in [6, 6.07) is 1.94. The van der Waals surface area contributed by atoms with E-state index >= 15 is 0 Å². The topological polar surface area (TPSA) is 50.9 Å². The largest absolute Gasteiger partial charge is 0.435 e. The van der Waals surface area contributed by atoms with Gasteiger partial charge in [0.15, 0.2) is 17.3 Å². The van der Waals surface area contributed by atoms with E-state index in [1.807, 2.05) is 0 Å². The SMILES string of the molecule is OCc1ccnc(-n2ccc(C(F)(F)F)n2)c1F. The first-order valence-electron chi connectivity index (χ1n) is 4.81. The van der Waals surface area contributed by atoms with Gasteiger partial charge < -0.3 is 5.11 Å². The Hall–Kier alpha value is -1.96. The first kappa shape index (κ1) is 12.5. The summed E-state index contributed by atoms with van der Waals surface area (Å²) in [4.78, 5) is 3.60. The molecule has 0 saturated carbocycles. The summed E-state index contributed by atoms with van der Waals surface area (Å²) in [6.45, 7) is -0.575. The smallest absolute Gasteiger partial charge is 0.392 e. The number of rotatable bonds is 2. The predicted octanol–water partition coefficient (Wildman–Crippen LogP) is 1.92. The number of alkyl halides is 3. The van der Waals surface area contributed by atoms with E-state index in [4.69, 9.17) is 5.11 Å². The molecule has 0 radical (unpaired) electrons. The highest BCUT2D eigenvalue weighted by Gasteiger charge is 2.34. The Labute approximate surface area is 98.5 Å². The Kier molecular flexibility index (Phi) is 3.04. The molecule has 18 heavy (non-hydrogen) atoms. The molecular formula is C10H7F4N3O. The molecule has 2 heterocycles. The molecular weight excluding hydrogens is 254 g/mol. The van der Waals surface area contributed by atoms with Gasteiger partial charge in [0.05, 0.1) is 6.61 Å². The van der Waals surface area contributed by atoms with Crippen LogP contribution in [0.15, 0.2) is 24.5 Å². The molecule has 0 aliphatic carbocycles. The van der Waals surface area contributed by atoms with Gasteiger partial charge in [-0.15, -0.1) is 0 Å². The van der Waals surface area contributed by atoms with Crippen LogP contribution in [0.3, 0.4) is 0 Å². The zero-order valence-electron chi connectivity index (χ0n) is 8.82. The summed E-state index contributed by atoms with van der Waals surface area (Å²) in [5.74, 6) is -1.30. The third kappa shape index (κ3) is 2.19. The van der Waals surface area contributed by atoms with E-state index < -0.39 is 30.1 Å². The number of nitrogens with zero attached hydrogens (tertiary/aromatic N) is 3. The van der Waals surface area contributed by atoms with Gasteiger partial charge in [0, 0.05) is 18.0 Å². The Balaban J connectivity index is 2.47. The van der Waals surface area contributed by atoms with Gasteiger partial charge in [-0.3, -0.25) is 0 Å². The molecule has 2 aromatic heterocycles. The molecule has 0 aliphatic rings. The molecule has 0 saturated heterocycles. The fourth-order valence-corrected chi connectivity index (χ4v) is 1.35. The number of aromatic nitrogens is 3. The van der Waals surface area contributed by atoms with E-state index in [1.165, 1.54) is 12.3 Å². The van der Waals surface area contributed by atoms with Crippen LogP contribution in [-0.4, -0.2) is 19.9 Å². The number of hydrogen-bond donors (Lipinski definition) is 1. The van der Waals surface area contributed by atoms with Crippen molar-refractivity contribution in [2.24, 2.45) is 0 Å². The average molecular weight is 261 g/mol. The van der Waals surface area contributed by atoms with Gasteiger partial charge >= 0.3 is 6.18 Å². The van der Waals surface area contributed by atoms with Gasteiger partial charge in [-0.25, -0.2) is 14.1 Å². The third-order valence-electron chi connectivity index (χ3n) is 2.22. The van der Waals surface area contributed by atoms with Crippen molar-refractivity contribution >= 4 is 0 Å². The van der Waals surface area contributed by atoms with Crippen LogP contribution in [0.2, 0.25) is 0 Å². The Morgan fingerprint density at radius 1 is 1.28 bits per heavy atom. The van der Waals surface area contributed by atoms with E-state index in [-0.39, 0.29) is 5.56 Å². The van der Waals surface area contributed by atoms with Crippen molar-refractivity contribution < 1.29 is 22.7 Å². The molecule has 4 nitrogen and oxygen atoms in total. The van der Waals surface area contributed by atoms with Crippen LogP contribution < -0.4 is 0 Å². The zero-order chi connectivity index (χ0) is 13.3. The average Bonchev–Trinajstić information content (AvgIpc) is 2.78. The summed E-state index contributed by atoms with van der Waals surface area (Å²) in [5, 5.41) is 12.0. The number of hydrogen-bond acceptors (Lipinski definition) is 3. The number of aliphatic hydroxyl groups excluding tert-OH is 1. The maximum Gasteiger partial charge on any atom is 0.435 e. The minimum Gasteiger partial charge on any atom is -0.392 e. The Morgan fingerprint density at radius 2 is 2.00 bits per heavy atom. The highest BCUT2D eigenvalue weighted by molar-refractivity contribution is 5.30. The Morgan fingerprint density at radius 3 is 2.56 bits per heavy atom. The van der Waals surface area contributed by atoms with Crippen LogP contribution in [-0.2, 0) is 12.8 Å². The summed E-state index contributed by atoms with van der Waals surface area (Å²) in [5.41, 5.74) is -1.21. The maximum absolute atomic E-state index is 13.7. The number of pyridine rings is 1. The fourth-order valence-electron chi connectivity index (χ4n) is 1.35. The minimum atomic E-state index is -4.60. The molecule has 2 aromatic rings. The summed E-state index contributed by atoms with van der Waals surface area (Å²) < 4.78 is 51.4. The molecule has 0 aliphatic heterocycles. The normalized spacial score (nSPS) is 11.8. The summed E-state index contributed by atoms with van der Waals surface area (Å²) >= 11 is 0. The fraction of sp³-hybridized carbons (Fsp3) is 0.200. The quantitative estimate of drug-likeness (QED) is 0.840. The molecule has 0 unspecified atom stereocenters. The van der Waals surface area contributed by atoms with Gasteiger partial charge in [-0.2, -0.15) is 18.3 Å². The van der Waals surface area contributed by atoms with E-state index in [0.717, 1.165) is 6.20 Å². The second-order valence-corrected chi connectivity index (χ2v) is 3.41. The van der Waals surface area contributed by atoms with Crippen molar-refractivity contribution in [1.29, 1.82) is 0 Å². The van der Waals surface area contributed by atoms with Crippen molar-refractivity contribution in [1.82, 2.24) is 14.8 Å². The lowest BCUT2D eigenvalue weighted by atomic mass is 10.2. The molecule has 96 valence electrons. The van der Waals surface area contributed by atoms with Crippen molar-refractivity contribution in [3.8, 4) is 5.82 Å². The van der Waals surface area contributed by atoms with E-state index in [0.29, 0.717) is 10.7 Å². The van der Waals surface area contributed by atoms with Crippen molar-refractivity contribution in [3.05, 3.63) is 41.6 Å². The molecule has 0 fully saturated rings.